The smallest absolute Gasteiger partial charge is 0.342 e. The molecule has 1 atom stereocenters. The molecular weight excluding hydrogens is 404 g/mol. The summed E-state index contributed by atoms with van der Waals surface area (Å²) in [7, 11) is 0. The van der Waals surface area contributed by atoms with E-state index in [1.807, 2.05) is 30.3 Å². The van der Waals surface area contributed by atoms with Crippen LogP contribution < -0.4 is 16.7 Å². The minimum Gasteiger partial charge on any atom is -0.361 e. The van der Waals surface area contributed by atoms with Crippen LogP contribution in [0.5, 0.6) is 0 Å². The number of para-hydroxylation sites is 1. The predicted molar refractivity (Wildman–Crippen MR) is 115 cm³/mol. The Bertz CT molecular complexity index is 1330. The van der Waals surface area contributed by atoms with Crippen molar-refractivity contribution < 1.29 is 4.79 Å². The van der Waals surface area contributed by atoms with Crippen LogP contribution in [0.15, 0.2) is 80.5 Å². The maximum absolute atomic E-state index is 12.9. The third kappa shape index (κ3) is 4.23. The lowest BCUT2D eigenvalue weighted by atomic mass is 10.1. The SMILES string of the molecule is O=C(N/N=C\c1c[nH]c2ccccc12)C(Sc1n[nH]c(=O)[nH]c1=O)c1ccccc1. The van der Waals surface area contributed by atoms with Crippen LogP contribution in [-0.4, -0.2) is 32.3 Å². The normalized spacial score (nSPS) is 12.3. The lowest BCUT2D eigenvalue weighted by Crippen LogP contribution is -2.28. The Morgan fingerprint density at radius 2 is 1.87 bits per heavy atom. The molecule has 150 valence electrons. The van der Waals surface area contributed by atoms with Gasteiger partial charge >= 0.3 is 5.69 Å². The monoisotopic (exact) mass is 420 g/mol. The molecule has 0 aliphatic carbocycles. The number of aromatic amines is 3. The van der Waals surface area contributed by atoms with Gasteiger partial charge in [-0.2, -0.15) is 10.2 Å². The number of thioether (sulfide) groups is 1. The second-order valence-electron chi connectivity index (χ2n) is 6.24. The van der Waals surface area contributed by atoms with Crippen LogP contribution in [0.2, 0.25) is 0 Å². The van der Waals surface area contributed by atoms with Crippen molar-refractivity contribution in [3.63, 3.8) is 0 Å². The second-order valence-corrected chi connectivity index (χ2v) is 7.34. The van der Waals surface area contributed by atoms with Gasteiger partial charge in [0, 0.05) is 22.7 Å². The summed E-state index contributed by atoms with van der Waals surface area (Å²) in [5.41, 5.74) is 3.59. The van der Waals surface area contributed by atoms with E-state index in [9.17, 15) is 14.4 Å². The molecule has 30 heavy (non-hydrogen) atoms. The van der Waals surface area contributed by atoms with Gasteiger partial charge in [0.25, 0.3) is 11.5 Å². The number of fused-ring (bicyclic) bond motifs is 1. The number of carbonyl (C=O) groups is 1. The van der Waals surface area contributed by atoms with Crippen molar-refractivity contribution in [3.8, 4) is 0 Å². The van der Waals surface area contributed by atoms with Crippen LogP contribution in [0.4, 0.5) is 0 Å². The predicted octanol–water partition coefficient (Wildman–Crippen LogP) is 1.92. The fourth-order valence-electron chi connectivity index (χ4n) is 2.85. The van der Waals surface area contributed by atoms with Crippen LogP contribution >= 0.6 is 11.8 Å². The lowest BCUT2D eigenvalue weighted by Gasteiger charge is -2.14. The first-order valence-corrected chi connectivity index (χ1v) is 9.79. The molecule has 0 spiro atoms. The number of hydrogen-bond acceptors (Lipinski definition) is 6. The van der Waals surface area contributed by atoms with Crippen LogP contribution in [0, 0.1) is 0 Å². The third-order valence-corrected chi connectivity index (χ3v) is 5.47. The van der Waals surface area contributed by atoms with E-state index in [2.05, 4.69) is 30.7 Å². The van der Waals surface area contributed by atoms with Gasteiger partial charge in [0.05, 0.1) is 6.21 Å². The molecule has 0 saturated heterocycles. The molecule has 0 saturated carbocycles. The summed E-state index contributed by atoms with van der Waals surface area (Å²) in [5.74, 6) is -0.435. The summed E-state index contributed by atoms with van der Waals surface area (Å²) in [6.07, 6.45) is 3.35. The van der Waals surface area contributed by atoms with Gasteiger partial charge in [0.15, 0.2) is 5.03 Å². The number of aromatic nitrogens is 4. The largest absolute Gasteiger partial charge is 0.361 e. The molecule has 4 N–H and O–H groups in total. The van der Waals surface area contributed by atoms with Gasteiger partial charge in [-0.3, -0.25) is 14.6 Å². The van der Waals surface area contributed by atoms with Crippen molar-refractivity contribution >= 4 is 34.8 Å². The zero-order valence-electron chi connectivity index (χ0n) is 15.5. The van der Waals surface area contributed by atoms with Crippen LogP contribution in [-0.2, 0) is 4.79 Å². The van der Waals surface area contributed by atoms with Gasteiger partial charge in [-0.25, -0.2) is 15.3 Å². The molecule has 4 rings (SSSR count). The van der Waals surface area contributed by atoms with Crippen molar-refractivity contribution in [3.05, 3.63) is 92.8 Å². The number of nitrogens with one attached hydrogen (secondary N) is 4. The Morgan fingerprint density at radius 1 is 1.10 bits per heavy atom. The van der Waals surface area contributed by atoms with E-state index in [1.165, 1.54) is 0 Å². The zero-order chi connectivity index (χ0) is 20.9. The highest BCUT2D eigenvalue weighted by molar-refractivity contribution is 8.00. The van der Waals surface area contributed by atoms with E-state index in [0.29, 0.717) is 5.56 Å². The first-order chi connectivity index (χ1) is 14.6. The Hall–Kier alpha value is -3.92. The fraction of sp³-hybridized carbons (Fsp3) is 0.0500. The average Bonchev–Trinajstić information content (AvgIpc) is 3.17. The number of carbonyl (C=O) groups excluding carboxylic acids is 1. The number of nitrogens with zero attached hydrogens (tertiary/aromatic N) is 2. The first kappa shape index (κ1) is 19.4. The summed E-state index contributed by atoms with van der Waals surface area (Å²) in [6, 6.07) is 16.7. The van der Waals surface area contributed by atoms with E-state index in [1.54, 1.807) is 36.7 Å². The number of hydrazone groups is 1. The van der Waals surface area contributed by atoms with Crippen LogP contribution in [0.3, 0.4) is 0 Å². The lowest BCUT2D eigenvalue weighted by molar-refractivity contribution is -0.120. The Labute approximate surface area is 173 Å². The topological polar surface area (TPSA) is 136 Å². The van der Waals surface area contributed by atoms with Crippen molar-refractivity contribution in [2.24, 2.45) is 5.10 Å². The Balaban J connectivity index is 1.56. The molecule has 2 aromatic carbocycles. The van der Waals surface area contributed by atoms with E-state index < -0.39 is 22.4 Å². The summed E-state index contributed by atoms with van der Waals surface area (Å²) >= 11 is 0.919. The first-order valence-electron chi connectivity index (χ1n) is 8.91. The molecule has 0 aliphatic rings. The molecule has 9 nitrogen and oxygen atoms in total. The molecule has 10 heteroatoms. The molecule has 1 amide bonds. The average molecular weight is 420 g/mol. The molecule has 0 bridgehead atoms. The molecule has 0 fully saturated rings. The van der Waals surface area contributed by atoms with Crippen LogP contribution in [0.25, 0.3) is 10.9 Å². The van der Waals surface area contributed by atoms with Crippen molar-refractivity contribution in [1.82, 2.24) is 25.6 Å². The Morgan fingerprint density at radius 3 is 2.67 bits per heavy atom. The van der Waals surface area contributed by atoms with E-state index in [-0.39, 0.29) is 5.03 Å². The summed E-state index contributed by atoms with van der Waals surface area (Å²) in [5, 5.41) is 10.1. The molecule has 2 aromatic heterocycles. The van der Waals surface area contributed by atoms with Gasteiger partial charge in [-0.05, 0) is 11.6 Å². The van der Waals surface area contributed by atoms with Gasteiger partial charge in [0.1, 0.15) is 5.25 Å². The molecule has 1 unspecified atom stereocenters. The summed E-state index contributed by atoms with van der Waals surface area (Å²) in [6.45, 7) is 0. The molecule has 0 aliphatic heterocycles. The summed E-state index contributed by atoms with van der Waals surface area (Å²) in [4.78, 5) is 41.3. The fourth-order valence-corrected chi connectivity index (χ4v) is 3.79. The maximum Gasteiger partial charge on any atom is 0.342 e. The standard InChI is InChI=1S/C20H16N6O3S/c27-17(24-22-11-13-10-21-15-9-5-4-8-14(13)15)16(12-6-2-1-3-7-12)30-19-18(28)23-20(29)26-25-19/h1-11,16,21H,(H,24,27)(H2,23,26,28,29)/b22-11-. The number of hydrogen-bond donors (Lipinski definition) is 4. The van der Waals surface area contributed by atoms with E-state index in [4.69, 9.17) is 0 Å². The highest BCUT2D eigenvalue weighted by atomic mass is 32.2. The number of amides is 1. The van der Waals surface area contributed by atoms with Gasteiger partial charge < -0.3 is 4.98 Å². The minimum absolute atomic E-state index is 0.0285. The molecule has 2 heterocycles. The molecular formula is C20H16N6O3S. The van der Waals surface area contributed by atoms with Gasteiger partial charge in [-0.15, -0.1) is 0 Å². The number of H-pyrrole nitrogens is 3. The van der Waals surface area contributed by atoms with Crippen molar-refractivity contribution in [2.75, 3.05) is 0 Å². The zero-order valence-corrected chi connectivity index (χ0v) is 16.3. The minimum atomic E-state index is -0.800. The van der Waals surface area contributed by atoms with E-state index >= 15 is 0 Å². The quantitative estimate of drug-likeness (QED) is 0.215. The van der Waals surface area contributed by atoms with Crippen LogP contribution in [0.1, 0.15) is 16.4 Å². The highest BCUT2D eigenvalue weighted by Gasteiger charge is 2.24. The maximum atomic E-state index is 12.9. The summed E-state index contributed by atoms with van der Waals surface area (Å²) < 4.78 is 0. The third-order valence-electron chi connectivity index (χ3n) is 4.25. The van der Waals surface area contributed by atoms with Crippen molar-refractivity contribution in [1.29, 1.82) is 0 Å². The highest BCUT2D eigenvalue weighted by Crippen LogP contribution is 2.32. The molecule has 4 aromatic rings. The number of benzene rings is 2. The molecule has 0 radical (unpaired) electrons. The second kappa shape index (κ2) is 8.62. The number of rotatable bonds is 6. The Kier molecular flexibility index (Phi) is 5.57. The van der Waals surface area contributed by atoms with Gasteiger partial charge in [-0.1, -0.05) is 60.3 Å². The van der Waals surface area contributed by atoms with Crippen molar-refractivity contribution in [2.45, 2.75) is 10.3 Å². The van der Waals surface area contributed by atoms with E-state index in [0.717, 1.165) is 28.2 Å². The van der Waals surface area contributed by atoms with Gasteiger partial charge in [0.2, 0.25) is 0 Å².